The maximum atomic E-state index is 12.0. The highest BCUT2D eigenvalue weighted by atomic mass is 16.5. The predicted molar refractivity (Wildman–Crippen MR) is 81.4 cm³/mol. The Labute approximate surface area is 138 Å². The number of cyclic esters (lactones) is 1. The highest BCUT2D eigenvalue weighted by Gasteiger charge is 2.30. The Bertz CT molecular complexity index is 717. The van der Waals surface area contributed by atoms with Gasteiger partial charge in [0.1, 0.15) is 13.2 Å². The number of carboxylic acid groups (broad SMARTS) is 1. The first-order chi connectivity index (χ1) is 11.4. The zero-order chi connectivity index (χ0) is 17.4. The topological polar surface area (TPSA) is 107 Å². The van der Waals surface area contributed by atoms with Gasteiger partial charge in [0.15, 0.2) is 0 Å². The summed E-state index contributed by atoms with van der Waals surface area (Å²) >= 11 is 0. The molecule has 128 valence electrons. The summed E-state index contributed by atoms with van der Waals surface area (Å²) in [6.45, 7) is 2.35. The summed E-state index contributed by atoms with van der Waals surface area (Å²) in [6.07, 6.45) is -2.03. The average molecular weight is 334 g/mol. The Balaban J connectivity index is 1.72. The number of aliphatic hydroxyl groups excluding tert-OH is 1. The Morgan fingerprint density at radius 3 is 2.75 bits per heavy atom. The van der Waals surface area contributed by atoms with E-state index in [4.69, 9.17) is 9.84 Å². The molecule has 1 saturated heterocycles. The van der Waals surface area contributed by atoms with Crippen molar-refractivity contribution in [3.63, 3.8) is 0 Å². The minimum atomic E-state index is -1.12. The second-order valence-corrected chi connectivity index (χ2v) is 5.94. The largest absolute Gasteiger partial charge is 0.465 e. The Kier molecular flexibility index (Phi) is 4.15. The van der Waals surface area contributed by atoms with Crippen molar-refractivity contribution in [2.45, 2.75) is 19.6 Å². The monoisotopic (exact) mass is 334 g/mol. The van der Waals surface area contributed by atoms with Crippen LogP contribution in [0.2, 0.25) is 0 Å². The van der Waals surface area contributed by atoms with E-state index in [1.165, 1.54) is 4.90 Å². The van der Waals surface area contributed by atoms with Crippen LogP contribution in [-0.4, -0.2) is 64.2 Å². The van der Waals surface area contributed by atoms with Crippen molar-refractivity contribution in [3.05, 3.63) is 34.4 Å². The van der Waals surface area contributed by atoms with E-state index in [-0.39, 0.29) is 44.7 Å². The van der Waals surface area contributed by atoms with Crippen molar-refractivity contribution in [2.24, 2.45) is 0 Å². The fourth-order valence-electron chi connectivity index (χ4n) is 3.10. The second kappa shape index (κ2) is 6.12. The number of ether oxygens (including phenoxy) is 1. The summed E-state index contributed by atoms with van der Waals surface area (Å²) in [5.41, 5.74) is 2.69. The van der Waals surface area contributed by atoms with Crippen LogP contribution >= 0.6 is 0 Å². The molecule has 2 N–H and O–H groups in total. The van der Waals surface area contributed by atoms with Gasteiger partial charge in [-0.15, -0.1) is 0 Å². The van der Waals surface area contributed by atoms with E-state index < -0.39 is 12.2 Å². The molecule has 0 radical (unpaired) electrons. The number of hydrogen-bond acceptors (Lipinski definition) is 5. The molecule has 0 saturated carbocycles. The SMILES string of the molecule is Cc1c(C(O)CN2CCN(C(=O)O)CC2=O)ccc2c1COC2=O. The van der Waals surface area contributed by atoms with Crippen LogP contribution in [0.5, 0.6) is 0 Å². The minimum Gasteiger partial charge on any atom is -0.465 e. The number of esters is 1. The predicted octanol–water partition coefficient (Wildman–Crippen LogP) is 0.521. The zero-order valence-corrected chi connectivity index (χ0v) is 13.2. The number of piperazine rings is 1. The first-order valence-electron chi connectivity index (χ1n) is 7.61. The normalized spacial score (nSPS) is 18.4. The molecule has 24 heavy (non-hydrogen) atoms. The van der Waals surface area contributed by atoms with Crippen LogP contribution in [0.4, 0.5) is 4.79 Å². The van der Waals surface area contributed by atoms with Crippen LogP contribution in [0.3, 0.4) is 0 Å². The maximum Gasteiger partial charge on any atom is 0.407 e. The molecule has 1 aromatic rings. The summed E-state index contributed by atoms with van der Waals surface area (Å²) in [4.78, 5) is 37.0. The third-order valence-electron chi connectivity index (χ3n) is 4.55. The van der Waals surface area contributed by atoms with Gasteiger partial charge in [0.25, 0.3) is 0 Å². The molecule has 0 bridgehead atoms. The molecule has 0 aliphatic carbocycles. The van der Waals surface area contributed by atoms with Gasteiger partial charge in [0, 0.05) is 18.7 Å². The van der Waals surface area contributed by atoms with E-state index in [0.29, 0.717) is 11.1 Å². The highest BCUT2D eigenvalue weighted by molar-refractivity contribution is 5.94. The number of nitrogens with zero attached hydrogens (tertiary/aromatic N) is 2. The summed E-state index contributed by atoms with van der Waals surface area (Å²) in [5.74, 6) is -0.700. The number of amides is 2. The zero-order valence-electron chi connectivity index (χ0n) is 13.2. The lowest BCUT2D eigenvalue weighted by atomic mass is 9.95. The van der Waals surface area contributed by atoms with Crippen molar-refractivity contribution in [1.82, 2.24) is 9.80 Å². The first kappa shape index (κ1) is 16.3. The summed E-state index contributed by atoms with van der Waals surface area (Å²) in [5, 5.41) is 19.4. The molecule has 2 aliphatic heterocycles. The van der Waals surface area contributed by atoms with E-state index in [2.05, 4.69) is 0 Å². The smallest absolute Gasteiger partial charge is 0.407 e. The second-order valence-electron chi connectivity index (χ2n) is 5.94. The van der Waals surface area contributed by atoms with Gasteiger partial charge in [0.2, 0.25) is 5.91 Å². The number of hydrogen-bond donors (Lipinski definition) is 2. The minimum absolute atomic E-state index is 0.0841. The van der Waals surface area contributed by atoms with E-state index in [1.54, 1.807) is 12.1 Å². The van der Waals surface area contributed by atoms with Crippen LogP contribution in [0.25, 0.3) is 0 Å². The molecule has 1 atom stereocenters. The molecule has 8 heteroatoms. The van der Waals surface area contributed by atoms with Crippen LogP contribution < -0.4 is 0 Å². The van der Waals surface area contributed by atoms with Crippen molar-refractivity contribution < 1.29 is 29.3 Å². The first-order valence-corrected chi connectivity index (χ1v) is 7.61. The molecule has 0 aromatic heterocycles. The molecule has 2 aliphatic rings. The number of carbonyl (C=O) groups is 3. The third-order valence-corrected chi connectivity index (χ3v) is 4.55. The van der Waals surface area contributed by atoms with E-state index in [1.807, 2.05) is 6.92 Å². The quantitative estimate of drug-likeness (QED) is 0.781. The average Bonchev–Trinajstić information content (AvgIpc) is 2.91. The van der Waals surface area contributed by atoms with Gasteiger partial charge in [-0.05, 0) is 24.1 Å². The molecule has 1 unspecified atom stereocenters. The van der Waals surface area contributed by atoms with Gasteiger partial charge < -0.3 is 19.8 Å². The van der Waals surface area contributed by atoms with E-state index >= 15 is 0 Å². The summed E-state index contributed by atoms with van der Waals surface area (Å²) in [6, 6.07) is 3.30. The van der Waals surface area contributed by atoms with Crippen molar-refractivity contribution in [1.29, 1.82) is 0 Å². The van der Waals surface area contributed by atoms with Gasteiger partial charge in [-0.25, -0.2) is 9.59 Å². The van der Waals surface area contributed by atoms with E-state index in [9.17, 15) is 19.5 Å². The van der Waals surface area contributed by atoms with Gasteiger partial charge in [0.05, 0.1) is 18.2 Å². The Morgan fingerprint density at radius 2 is 2.08 bits per heavy atom. The number of rotatable bonds is 3. The van der Waals surface area contributed by atoms with Crippen LogP contribution in [0.1, 0.15) is 33.2 Å². The molecular formula is C16H18N2O6. The lowest BCUT2D eigenvalue weighted by Crippen LogP contribution is -2.52. The van der Waals surface area contributed by atoms with Gasteiger partial charge in [-0.2, -0.15) is 0 Å². The maximum absolute atomic E-state index is 12.0. The number of benzene rings is 1. The lowest BCUT2D eigenvalue weighted by Gasteiger charge is -2.34. The van der Waals surface area contributed by atoms with Gasteiger partial charge >= 0.3 is 12.1 Å². The van der Waals surface area contributed by atoms with Crippen molar-refractivity contribution in [2.75, 3.05) is 26.2 Å². The number of β-amino-alcohol motifs (C(OH)–C–C–N with tert-alkyl or cyclic N) is 1. The molecule has 0 spiro atoms. The summed E-state index contributed by atoms with van der Waals surface area (Å²) in [7, 11) is 0. The van der Waals surface area contributed by atoms with Gasteiger partial charge in [-0.1, -0.05) is 6.07 Å². The molecule has 2 heterocycles. The Morgan fingerprint density at radius 1 is 1.33 bits per heavy atom. The van der Waals surface area contributed by atoms with Crippen LogP contribution in [0, 0.1) is 6.92 Å². The number of aliphatic hydroxyl groups is 1. The molecule has 1 fully saturated rings. The lowest BCUT2D eigenvalue weighted by molar-refractivity contribution is -0.136. The van der Waals surface area contributed by atoms with Crippen LogP contribution in [0.15, 0.2) is 12.1 Å². The summed E-state index contributed by atoms with van der Waals surface area (Å²) < 4.78 is 4.99. The molecule has 2 amide bonds. The highest BCUT2D eigenvalue weighted by Crippen LogP contribution is 2.29. The molecule has 8 nitrogen and oxygen atoms in total. The van der Waals surface area contributed by atoms with Crippen molar-refractivity contribution in [3.8, 4) is 0 Å². The third kappa shape index (κ3) is 2.80. The number of fused-ring (bicyclic) bond motifs is 1. The number of carbonyl (C=O) groups excluding carboxylic acids is 2. The van der Waals surface area contributed by atoms with Crippen molar-refractivity contribution >= 4 is 18.0 Å². The molecular weight excluding hydrogens is 316 g/mol. The Hall–Kier alpha value is -2.61. The fourth-order valence-corrected chi connectivity index (χ4v) is 3.10. The fraction of sp³-hybridized carbons (Fsp3) is 0.438. The van der Waals surface area contributed by atoms with Crippen LogP contribution in [-0.2, 0) is 16.1 Å². The standard InChI is InChI=1S/C16H18N2O6/c1-9-10(2-3-11-12(9)8-24-15(11)21)13(19)6-17-4-5-18(16(22)23)7-14(17)20/h2-3,13,19H,4-8H2,1H3,(H,22,23). The molecule has 1 aromatic carbocycles. The molecule has 3 rings (SSSR count). The van der Waals surface area contributed by atoms with Gasteiger partial charge in [-0.3, -0.25) is 9.69 Å². The van der Waals surface area contributed by atoms with E-state index in [0.717, 1.165) is 16.0 Å².